The van der Waals surface area contributed by atoms with E-state index in [4.69, 9.17) is 0 Å². The van der Waals surface area contributed by atoms with Gasteiger partial charge in [0.25, 0.3) is 0 Å². The molecule has 0 aliphatic heterocycles. The van der Waals surface area contributed by atoms with Crippen LogP contribution in [0, 0.1) is 0 Å². The third kappa shape index (κ3) is 4.34. The molecule has 35 heavy (non-hydrogen) atoms. The van der Waals surface area contributed by atoms with E-state index in [0.29, 0.717) is 0 Å². The van der Waals surface area contributed by atoms with Gasteiger partial charge in [-0.25, -0.2) is 9.97 Å². The molecule has 1 aromatic heterocycles. The molecule has 0 unspecified atom stereocenters. The first-order valence-corrected chi connectivity index (χ1v) is 11.9. The van der Waals surface area contributed by atoms with Gasteiger partial charge in [-0.2, -0.15) is 0 Å². The Morgan fingerprint density at radius 3 is 1.51 bits per heavy atom. The van der Waals surface area contributed by atoms with Crippen LogP contribution in [0.5, 0.6) is 0 Å². The van der Waals surface area contributed by atoms with E-state index in [1.165, 1.54) is 44.2 Å². The van der Waals surface area contributed by atoms with Crippen LogP contribution < -0.4 is 0 Å². The number of rotatable bonds is 5. The van der Waals surface area contributed by atoms with Crippen molar-refractivity contribution in [2.24, 2.45) is 0 Å². The molecule has 6 rings (SSSR count). The predicted molar refractivity (Wildman–Crippen MR) is 145 cm³/mol. The second-order valence-electron chi connectivity index (χ2n) is 8.72. The lowest BCUT2D eigenvalue weighted by Crippen LogP contribution is -1.89. The van der Waals surface area contributed by atoms with Crippen LogP contribution in [0.25, 0.3) is 44.4 Å². The van der Waals surface area contributed by atoms with Gasteiger partial charge in [0.1, 0.15) is 0 Å². The number of nitrogens with zero attached hydrogens (tertiary/aromatic N) is 2. The van der Waals surface area contributed by atoms with Crippen molar-refractivity contribution in [2.75, 3.05) is 0 Å². The van der Waals surface area contributed by atoms with E-state index in [9.17, 15) is 0 Å². The van der Waals surface area contributed by atoms with Gasteiger partial charge in [-0.3, -0.25) is 0 Å². The molecule has 2 nitrogen and oxygen atoms in total. The van der Waals surface area contributed by atoms with Crippen LogP contribution in [0.1, 0.15) is 11.1 Å². The van der Waals surface area contributed by atoms with Crippen molar-refractivity contribution in [1.29, 1.82) is 0 Å². The Bertz CT molecular complexity index is 1570. The molecule has 5 aromatic carbocycles. The Labute approximate surface area is 205 Å². The van der Waals surface area contributed by atoms with Crippen molar-refractivity contribution in [3.63, 3.8) is 0 Å². The Hall–Kier alpha value is -4.56. The second-order valence-corrected chi connectivity index (χ2v) is 8.72. The standard InChI is InChI=1S/C33H24N2/c1-2-7-24(8-3-1)23-25-13-15-26(16-14-25)29-9-4-12-32-30(10-5-11-31(29)32)27-17-19-28(20-18-27)33-34-21-6-22-35-33/h1-22H,23H2. The van der Waals surface area contributed by atoms with Crippen molar-refractivity contribution in [3.8, 4) is 33.6 Å². The molecule has 0 aliphatic rings. The van der Waals surface area contributed by atoms with E-state index in [1.807, 2.05) is 6.07 Å². The number of benzene rings is 5. The van der Waals surface area contributed by atoms with E-state index < -0.39 is 0 Å². The van der Waals surface area contributed by atoms with E-state index in [-0.39, 0.29) is 0 Å². The molecule has 0 saturated heterocycles. The van der Waals surface area contributed by atoms with Gasteiger partial charge in [0, 0.05) is 18.0 Å². The fourth-order valence-corrected chi connectivity index (χ4v) is 4.69. The summed E-state index contributed by atoms with van der Waals surface area (Å²) < 4.78 is 0. The summed E-state index contributed by atoms with van der Waals surface area (Å²) in [5.41, 5.74) is 8.58. The van der Waals surface area contributed by atoms with Gasteiger partial charge in [0.2, 0.25) is 0 Å². The zero-order valence-corrected chi connectivity index (χ0v) is 19.3. The summed E-state index contributed by atoms with van der Waals surface area (Å²) in [6, 6.07) is 43.1. The first-order valence-electron chi connectivity index (χ1n) is 11.9. The van der Waals surface area contributed by atoms with Crippen molar-refractivity contribution in [3.05, 3.63) is 145 Å². The fraction of sp³-hybridized carbons (Fsp3) is 0.0303. The zero-order valence-electron chi connectivity index (χ0n) is 19.3. The summed E-state index contributed by atoms with van der Waals surface area (Å²) in [6.07, 6.45) is 4.50. The first kappa shape index (κ1) is 21.0. The molecular formula is C33H24N2. The van der Waals surface area contributed by atoms with Crippen LogP contribution >= 0.6 is 0 Å². The van der Waals surface area contributed by atoms with E-state index in [1.54, 1.807) is 12.4 Å². The van der Waals surface area contributed by atoms with Gasteiger partial charge in [0.05, 0.1) is 0 Å². The number of hydrogen-bond donors (Lipinski definition) is 0. The Morgan fingerprint density at radius 1 is 0.400 bits per heavy atom. The lowest BCUT2D eigenvalue weighted by atomic mass is 9.92. The maximum Gasteiger partial charge on any atom is 0.159 e. The number of fused-ring (bicyclic) bond motifs is 1. The van der Waals surface area contributed by atoms with Crippen molar-refractivity contribution in [1.82, 2.24) is 9.97 Å². The van der Waals surface area contributed by atoms with Crippen LogP contribution in [-0.2, 0) is 6.42 Å². The summed E-state index contributed by atoms with van der Waals surface area (Å²) >= 11 is 0. The Kier molecular flexibility index (Phi) is 5.62. The predicted octanol–water partition coefficient (Wildman–Crippen LogP) is 8.22. The van der Waals surface area contributed by atoms with Gasteiger partial charge >= 0.3 is 0 Å². The molecule has 0 atom stereocenters. The average molecular weight is 449 g/mol. The molecule has 0 spiro atoms. The number of hydrogen-bond acceptors (Lipinski definition) is 2. The summed E-state index contributed by atoms with van der Waals surface area (Å²) in [4.78, 5) is 8.73. The smallest absolute Gasteiger partial charge is 0.159 e. The highest BCUT2D eigenvalue weighted by Crippen LogP contribution is 2.35. The minimum absolute atomic E-state index is 0.745. The summed E-state index contributed by atoms with van der Waals surface area (Å²) in [5.74, 6) is 0.745. The Balaban J connectivity index is 1.34. The summed E-state index contributed by atoms with van der Waals surface area (Å²) in [7, 11) is 0. The molecule has 0 aliphatic carbocycles. The first-order chi connectivity index (χ1) is 17.3. The zero-order chi connectivity index (χ0) is 23.5. The molecule has 0 fully saturated rings. The normalized spacial score (nSPS) is 11.0. The maximum atomic E-state index is 4.36. The van der Waals surface area contributed by atoms with Gasteiger partial charge in [0.15, 0.2) is 5.82 Å². The third-order valence-corrected chi connectivity index (χ3v) is 6.46. The molecule has 166 valence electrons. The molecule has 2 heteroatoms. The second kappa shape index (κ2) is 9.36. The van der Waals surface area contributed by atoms with E-state index in [0.717, 1.165) is 17.8 Å². The SMILES string of the molecule is c1ccc(Cc2ccc(-c3cccc4c(-c5ccc(-c6ncccn6)cc5)cccc34)cc2)cc1. The lowest BCUT2D eigenvalue weighted by molar-refractivity contribution is 1.18. The molecule has 0 bridgehead atoms. The average Bonchev–Trinajstić information content (AvgIpc) is 2.94. The summed E-state index contributed by atoms with van der Waals surface area (Å²) in [6.45, 7) is 0. The van der Waals surface area contributed by atoms with Crippen molar-refractivity contribution < 1.29 is 0 Å². The molecule has 0 amide bonds. The van der Waals surface area contributed by atoms with Crippen molar-refractivity contribution >= 4 is 10.8 Å². The minimum atomic E-state index is 0.745. The number of aromatic nitrogens is 2. The largest absolute Gasteiger partial charge is 0.237 e. The molecule has 0 radical (unpaired) electrons. The minimum Gasteiger partial charge on any atom is -0.237 e. The lowest BCUT2D eigenvalue weighted by Gasteiger charge is -2.12. The maximum absolute atomic E-state index is 4.36. The highest BCUT2D eigenvalue weighted by atomic mass is 14.8. The van der Waals surface area contributed by atoms with Gasteiger partial charge in [-0.1, -0.05) is 115 Å². The molecule has 0 saturated carbocycles. The summed E-state index contributed by atoms with van der Waals surface area (Å²) in [5, 5.41) is 2.51. The molecule has 0 N–H and O–H groups in total. The highest BCUT2D eigenvalue weighted by Gasteiger charge is 2.09. The van der Waals surface area contributed by atoms with Crippen LogP contribution in [0.4, 0.5) is 0 Å². The van der Waals surface area contributed by atoms with E-state index in [2.05, 4.69) is 125 Å². The van der Waals surface area contributed by atoms with E-state index >= 15 is 0 Å². The van der Waals surface area contributed by atoms with Gasteiger partial charge in [-0.05, 0) is 56.6 Å². The third-order valence-electron chi connectivity index (χ3n) is 6.46. The monoisotopic (exact) mass is 448 g/mol. The Morgan fingerprint density at radius 2 is 0.914 bits per heavy atom. The van der Waals surface area contributed by atoms with Crippen LogP contribution in [0.2, 0.25) is 0 Å². The van der Waals surface area contributed by atoms with Crippen LogP contribution in [0.3, 0.4) is 0 Å². The highest BCUT2D eigenvalue weighted by molar-refractivity contribution is 6.04. The topological polar surface area (TPSA) is 25.8 Å². The molecule has 1 heterocycles. The quantitative estimate of drug-likeness (QED) is 0.265. The van der Waals surface area contributed by atoms with Crippen LogP contribution in [-0.4, -0.2) is 9.97 Å². The van der Waals surface area contributed by atoms with Crippen molar-refractivity contribution in [2.45, 2.75) is 6.42 Å². The van der Waals surface area contributed by atoms with Crippen LogP contribution in [0.15, 0.2) is 134 Å². The van der Waals surface area contributed by atoms with Gasteiger partial charge < -0.3 is 0 Å². The fourth-order valence-electron chi connectivity index (χ4n) is 4.69. The molecule has 6 aromatic rings. The molecular weight excluding hydrogens is 424 g/mol. The van der Waals surface area contributed by atoms with Gasteiger partial charge in [-0.15, -0.1) is 0 Å².